The Morgan fingerprint density at radius 1 is 1.00 bits per heavy atom. The molecule has 0 spiro atoms. The molecule has 3 amide bonds. The van der Waals surface area contributed by atoms with Gasteiger partial charge in [-0.1, -0.05) is 42.5 Å². The Balaban J connectivity index is 1.57. The van der Waals surface area contributed by atoms with Crippen LogP contribution < -0.4 is 16.4 Å². The van der Waals surface area contributed by atoms with Crippen molar-refractivity contribution in [1.29, 1.82) is 0 Å². The van der Waals surface area contributed by atoms with Crippen LogP contribution in [0.1, 0.15) is 22.3 Å². The molecule has 0 saturated carbocycles. The molecule has 2 aromatic rings. The van der Waals surface area contributed by atoms with E-state index in [2.05, 4.69) is 10.6 Å². The van der Waals surface area contributed by atoms with E-state index in [1.54, 1.807) is 4.90 Å². The van der Waals surface area contributed by atoms with Crippen molar-refractivity contribution in [3.8, 4) is 0 Å². The Morgan fingerprint density at radius 2 is 1.66 bits per heavy atom. The van der Waals surface area contributed by atoms with Crippen LogP contribution in [-0.4, -0.2) is 41.8 Å². The van der Waals surface area contributed by atoms with Crippen LogP contribution in [0, 0.1) is 13.8 Å². The lowest BCUT2D eigenvalue weighted by atomic mass is 9.93. The molecule has 29 heavy (non-hydrogen) atoms. The lowest BCUT2D eigenvalue weighted by Gasteiger charge is -2.34. The molecule has 0 bridgehead atoms. The van der Waals surface area contributed by atoms with Crippen molar-refractivity contribution in [2.75, 3.05) is 18.4 Å². The Labute approximate surface area is 170 Å². The maximum Gasteiger partial charge on any atom is 0.243 e. The summed E-state index contributed by atoms with van der Waals surface area (Å²) in [4.78, 5) is 38.3. The minimum absolute atomic E-state index is 0.00138. The van der Waals surface area contributed by atoms with Crippen LogP contribution in [0.15, 0.2) is 42.5 Å². The molecule has 4 N–H and O–H groups in total. The summed E-state index contributed by atoms with van der Waals surface area (Å²) in [6.07, 6.45) is 0.478. The largest absolute Gasteiger partial charge is 0.368 e. The highest BCUT2D eigenvalue weighted by atomic mass is 16.2. The van der Waals surface area contributed by atoms with E-state index in [1.165, 1.54) is 0 Å². The fourth-order valence-corrected chi connectivity index (χ4v) is 3.64. The second-order valence-corrected chi connectivity index (χ2v) is 7.39. The number of benzene rings is 2. The smallest absolute Gasteiger partial charge is 0.243 e. The fourth-order valence-electron chi connectivity index (χ4n) is 3.64. The van der Waals surface area contributed by atoms with E-state index >= 15 is 0 Å². The third-order valence-corrected chi connectivity index (χ3v) is 5.21. The van der Waals surface area contributed by atoms with E-state index in [-0.39, 0.29) is 24.9 Å². The number of amides is 3. The van der Waals surface area contributed by atoms with E-state index in [4.69, 9.17) is 5.73 Å². The predicted octanol–water partition coefficient (Wildman–Crippen LogP) is 1.27. The fraction of sp³-hybridized carbons (Fsp3) is 0.318. The van der Waals surface area contributed by atoms with Crippen molar-refractivity contribution < 1.29 is 14.4 Å². The van der Waals surface area contributed by atoms with Gasteiger partial charge in [0.15, 0.2) is 0 Å². The lowest BCUT2D eigenvalue weighted by Crippen LogP contribution is -2.52. The minimum atomic E-state index is -0.543. The second-order valence-electron chi connectivity index (χ2n) is 7.39. The quantitative estimate of drug-likeness (QED) is 0.686. The molecule has 0 aliphatic carbocycles. The maximum absolute atomic E-state index is 12.4. The molecule has 1 heterocycles. The number of fused-ring (bicyclic) bond motifs is 1. The molecule has 152 valence electrons. The number of hydrogen-bond acceptors (Lipinski definition) is 4. The number of anilines is 1. The zero-order valence-electron chi connectivity index (χ0n) is 16.7. The first-order valence-corrected chi connectivity index (χ1v) is 9.58. The van der Waals surface area contributed by atoms with Gasteiger partial charge in [-0.25, -0.2) is 0 Å². The zero-order chi connectivity index (χ0) is 21.0. The van der Waals surface area contributed by atoms with Gasteiger partial charge < -0.3 is 16.4 Å². The van der Waals surface area contributed by atoms with Gasteiger partial charge in [0.05, 0.1) is 19.1 Å². The highest BCUT2D eigenvalue weighted by molar-refractivity contribution is 5.96. The number of carbonyl (C=O) groups is 3. The van der Waals surface area contributed by atoms with Crippen LogP contribution in [0.2, 0.25) is 0 Å². The van der Waals surface area contributed by atoms with E-state index in [1.807, 2.05) is 56.3 Å². The summed E-state index contributed by atoms with van der Waals surface area (Å²) in [5, 5.41) is 5.46. The van der Waals surface area contributed by atoms with E-state index < -0.39 is 11.9 Å². The third kappa shape index (κ3) is 5.00. The normalized spacial score (nSPS) is 16.0. The number of para-hydroxylation sites is 1. The number of carbonyl (C=O) groups excluding carboxylic acids is 3. The van der Waals surface area contributed by atoms with Crippen molar-refractivity contribution in [2.24, 2.45) is 5.73 Å². The number of nitrogens with two attached hydrogens (primary N) is 1. The number of nitrogens with zero attached hydrogens (tertiary/aromatic N) is 1. The van der Waals surface area contributed by atoms with Gasteiger partial charge in [-0.3, -0.25) is 19.3 Å². The van der Waals surface area contributed by atoms with Crippen LogP contribution in [0.4, 0.5) is 5.69 Å². The number of aryl methyl sites for hydroxylation is 2. The van der Waals surface area contributed by atoms with Gasteiger partial charge in [0.2, 0.25) is 17.7 Å². The van der Waals surface area contributed by atoms with Crippen LogP contribution in [0.5, 0.6) is 0 Å². The Hall–Kier alpha value is -3.19. The Kier molecular flexibility index (Phi) is 6.29. The second kappa shape index (κ2) is 8.87. The number of rotatable bonds is 6. The predicted molar refractivity (Wildman–Crippen MR) is 111 cm³/mol. The van der Waals surface area contributed by atoms with Crippen LogP contribution >= 0.6 is 0 Å². The molecule has 7 heteroatoms. The number of hydrogen-bond donors (Lipinski definition) is 3. The molecule has 7 nitrogen and oxygen atoms in total. The molecule has 0 fully saturated rings. The van der Waals surface area contributed by atoms with Crippen LogP contribution in [0.3, 0.4) is 0 Å². The topological polar surface area (TPSA) is 105 Å². The zero-order valence-corrected chi connectivity index (χ0v) is 16.7. The summed E-state index contributed by atoms with van der Waals surface area (Å²) >= 11 is 0. The summed E-state index contributed by atoms with van der Waals surface area (Å²) < 4.78 is 0. The molecule has 2 aromatic carbocycles. The Bertz CT molecular complexity index is 921. The minimum Gasteiger partial charge on any atom is -0.368 e. The van der Waals surface area contributed by atoms with Crippen molar-refractivity contribution in [3.05, 3.63) is 64.7 Å². The lowest BCUT2D eigenvalue weighted by molar-refractivity contribution is -0.129. The Morgan fingerprint density at radius 3 is 2.31 bits per heavy atom. The SMILES string of the molecule is Cc1cccc(C)c1NC(=O)CNC(=O)CN1Cc2ccccc2C[C@@H]1C(N)=O. The monoisotopic (exact) mass is 394 g/mol. The average Bonchev–Trinajstić information content (AvgIpc) is 2.68. The number of nitrogens with one attached hydrogen (secondary N) is 2. The highest BCUT2D eigenvalue weighted by Crippen LogP contribution is 2.23. The van der Waals surface area contributed by atoms with Crippen molar-refractivity contribution in [1.82, 2.24) is 10.2 Å². The van der Waals surface area contributed by atoms with E-state index in [0.717, 1.165) is 27.9 Å². The van der Waals surface area contributed by atoms with Gasteiger partial charge in [0, 0.05) is 12.2 Å². The summed E-state index contributed by atoms with van der Waals surface area (Å²) in [7, 11) is 0. The van der Waals surface area contributed by atoms with Gasteiger partial charge in [0.25, 0.3) is 0 Å². The molecular weight excluding hydrogens is 368 g/mol. The number of primary amides is 1. The van der Waals surface area contributed by atoms with Crippen molar-refractivity contribution in [2.45, 2.75) is 32.9 Å². The molecule has 0 aromatic heterocycles. The molecule has 1 aliphatic heterocycles. The van der Waals surface area contributed by atoms with Gasteiger partial charge in [-0.05, 0) is 42.5 Å². The van der Waals surface area contributed by atoms with Gasteiger partial charge in [-0.2, -0.15) is 0 Å². The van der Waals surface area contributed by atoms with Crippen LogP contribution in [0.25, 0.3) is 0 Å². The van der Waals surface area contributed by atoms with Gasteiger partial charge in [-0.15, -0.1) is 0 Å². The van der Waals surface area contributed by atoms with E-state index in [9.17, 15) is 14.4 Å². The standard InChI is InChI=1S/C22H26N4O3/c1-14-6-5-7-15(2)21(14)25-19(27)11-24-20(28)13-26-12-17-9-4-3-8-16(17)10-18(26)22(23)29/h3-9,18H,10-13H2,1-2H3,(H2,23,29)(H,24,28)(H,25,27)/t18-/m1/s1. The van der Waals surface area contributed by atoms with Crippen molar-refractivity contribution >= 4 is 23.4 Å². The first kappa shape index (κ1) is 20.5. The molecule has 0 unspecified atom stereocenters. The molecule has 0 saturated heterocycles. The van der Waals surface area contributed by atoms with Crippen molar-refractivity contribution in [3.63, 3.8) is 0 Å². The molecule has 3 rings (SSSR count). The van der Waals surface area contributed by atoms with Gasteiger partial charge in [0.1, 0.15) is 0 Å². The summed E-state index contributed by atoms with van der Waals surface area (Å²) in [5.74, 6) is -1.08. The molecule has 1 atom stereocenters. The van der Waals surface area contributed by atoms with Gasteiger partial charge >= 0.3 is 0 Å². The maximum atomic E-state index is 12.4. The van der Waals surface area contributed by atoms with Crippen LogP contribution in [-0.2, 0) is 27.3 Å². The average molecular weight is 394 g/mol. The van der Waals surface area contributed by atoms with E-state index in [0.29, 0.717) is 13.0 Å². The first-order valence-electron chi connectivity index (χ1n) is 9.58. The summed E-state index contributed by atoms with van der Waals surface area (Å²) in [5.41, 5.74) is 10.4. The first-order chi connectivity index (χ1) is 13.8. The molecule has 0 radical (unpaired) electrons. The third-order valence-electron chi connectivity index (χ3n) is 5.21. The molecular formula is C22H26N4O3. The highest BCUT2D eigenvalue weighted by Gasteiger charge is 2.31. The summed E-state index contributed by atoms with van der Waals surface area (Å²) in [6.45, 7) is 4.15. The summed E-state index contributed by atoms with van der Waals surface area (Å²) in [6, 6.07) is 13.0. The molecule has 1 aliphatic rings.